The largest absolute Gasteiger partial charge is 0.397 e. The van der Waals surface area contributed by atoms with Gasteiger partial charge in [-0.3, -0.25) is 0 Å². The molecule has 1 aliphatic carbocycles. The molecule has 3 heteroatoms. The number of nitrogens with one attached hydrogen (secondary N) is 1. The summed E-state index contributed by atoms with van der Waals surface area (Å²) in [7, 11) is 0. The van der Waals surface area contributed by atoms with Gasteiger partial charge in [-0.15, -0.1) is 0 Å². The van der Waals surface area contributed by atoms with Gasteiger partial charge in [-0.2, -0.15) is 0 Å². The predicted molar refractivity (Wildman–Crippen MR) is 64.4 cm³/mol. The van der Waals surface area contributed by atoms with Crippen molar-refractivity contribution in [2.45, 2.75) is 19.8 Å². The third-order valence-electron chi connectivity index (χ3n) is 2.82. The molecule has 14 heavy (non-hydrogen) atoms. The van der Waals surface area contributed by atoms with Crippen LogP contribution < -0.4 is 11.1 Å². The first-order chi connectivity index (χ1) is 6.59. The molecule has 0 heterocycles. The Morgan fingerprint density at radius 2 is 2.21 bits per heavy atom. The molecule has 1 fully saturated rings. The van der Waals surface area contributed by atoms with E-state index < -0.39 is 0 Å². The Labute approximate surface area is 93.0 Å². The molecule has 0 aliphatic heterocycles. The Hall–Kier alpha value is -0.700. The van der Waals surface area contributed by atoms with Crippen LogP contribution in [0.1, 0.15) is 19.8 Å². The molecule has 1 aromatic rings. The lowest BCUT2D eigenvalue weighted by Gasteiger charge is -2.13. The van der Waals surface area contributed by atoms with E-state index in [4.69, 9.17) is 5.73 Å². The van der Waals surface area contributed by atoms with Gasteiger partial charge in [-0.25, -0.2) is 0 Å². The molecule has 3 N–H and O–H groups in total. The molecule has 1 aliphatic rings. The van der Waals surface area contributed by atoms with Gasteiger partial charge < -0.3 is 11.1 Å². The molecule has 0 radical (unpaired) electrons. The number of halogens is 1. The number of anilines is 2. The van der Waals surface area contributed by atoms with Crippen LogP contribution in [-0.4, -0.2) is 6.54 Å². The zero-order valence-corrected chi connectivity index (χ0v) is 9.89. The lowest BCUT2D eigenvalue weighted by atomic mass is 10.1. The highest BCUT2D eigenvalue weighted by molar-refractivity contribution is 9.10. The summed E-state index contributed by atoms with van der Waals surface area (Å²) in [5, 5.41) is 3.40. The lowest BCUT2D eigenvalue weighted by Crippen LogP contribution is -2.12. The highest BCUT2D eigenvalue weighted by Crippen LogP contribution is 2.45. The van der Waals surface area contributed by atoms with Crippen molar-refractivity contribution in [3.05, 3.63) is 22.7 Å². The van der Waals surface area contributed by atoms with Crippen LogP contribution in [0.25, 0.3) is 0 Å². The van der Waals surface area contributed by atoms with E-state index in [0.717, 1.165) is 22.4 Å². The first kappa shape index (κ1) is 9.84. The molecule has 0 aromatic heterocycles. The second-order valence-corrected chi connectivity index (χ2v) is 5.31. The van der Waals surface area contributed by atoms with Gasteiger partial charge in [0.2, 0.25) is 0 Å². The maximum Gasteiger partial charge on any atom is 0.0574 e. The Morgan fingerprint density at radius 1 is 1.50 bits per heavy atom. The SMILES string of the molecule is CC1(CNc2ccc(Br)cc2N)CC1. The zero-order chi connectivity index (χ0) is 10.2. The summed E-state index contributed by atoms with van der Waals surface area (Å²) < 4.78 is 1.03. The van der Waals surface area contributed by atoms with Crippen molar-refractivity contribution in [2.75, 3.05) is 17.6 Å². The van der Waals surface area contributed by atoms with E-state index >= 15 is 0 Å². The summed E-state index contributed by atoms with van der Waals surface area (Å²) in [5.41, 5.74) is 8.24. The summed E-state index contributed by atoms with van der Waals surface area (Å²) in [6.07, 6.45) is 2.66. The van der Waals surface area contributed by atoms with Crippen molar-refractivity contribution >= 4 is 27.3 Å². The lowest BCUT2D eigenvalue weighted by molar-refractivity contribution is 0.611. The van der Waals surface area contributed by atoms with Crippen LogP contribution in [-0.2, 0) is 0 Å². The van der Waals surface area contributed by atoms with Gasteiger partial charge in [0.15, 0.2) is 0 Å². The second kappa shape index (κ2) is 3.46. The topological polar surface area (TPSA) is 38.0 Å². The molecule has 0 unspecified atom stereocenters. The summed E-state index contributed by atoms with van der Waals surface area (Å²) in [6.45, 7) is 3.33. The average molecular weight is 255 g/mol. The smallest absolute Gasteiger partial charge is 0.0574 e. The van der Waals surface area contributed by atoms with Crippen LogP contribution in [0.4, 0.5) is 11.4 Å². The minimum absolute atomic E-state index is 0.513. The van der Waals surface area contributed by atoms with Crippen molar-refractivity contribution in [1.82, 2.24) is 0 Å². The van der Waals surface area contributed by atoms with Gasteiger partial charge in [0.25, 0.3) is 0 Å². The Balaban J connectivity index is 2.02. The summed E-state index contributed by atoms with van der Waals surface area (Å²) in [6, 6.07) is 5.96. The quantitative estimate of drug-likeness (QED) is 0.813. The summed E-state index contributed by atoms with van der Waals surface area (Å²) >= 11 is 3.39. The van der Waals surface area contributed by atoms with Crippen LogP contribution in [0.15, 0.2) is 22.7 Å². The van der Waals surface area contributed by atoms with Gasteiger partial charge >= 0.3 is 0 Å². The van der Waals surface area contributed by atoms with Crippen LogP contribution in [0.5, 0.6) is 0 Å². The molecular formula is C11H15BrN2. The first-order valence-corrected chi connectivity index (χ1v) is 5.67. The van der Waals surface area contributed by atoms with Crippen molar-refractivity contribution in [2.24, 2.45) is 5.41 Å². The highest BCUT2D eigenvalue weighted by atomic mass is 79.9. The van der Waals surface area contributed by atoms with E-state index in [0.29, 0.717) is 5.41 Å². The molecule has 0 bridgehead atoms. The normalized spacial score (nSPS) is 17.9. The molecule has 0 amide bonds. The van der Waals surface area contributed by atoms with Crippen molar-refractivity contribution in [1.29, 1.82) is 0 Å². The monoisotopic (exact) mass is 254 g/mol. The highest BCUT2D eigenvalue weighted by Gasteiger charge is 2.36. The van der Waals surface area contributed by atoms with E-state index in [2.05, 4.69) is 28.2 Å². The summed E-state index contributed by atoms with van der Waals surface area (Å²) in [4.78, 5) is 0. The maximum atomic E-state index is 5.88. The Bertz CT molecular complexity index is 345. The van der Waals surface area contributed by atoms with Crippen LogP contribution in [0, 0.1) is 5.41 Å². The Morgan fingerprint density at radius 3 is 2.79 bits per heavy atom. The molecule has 0 spiro atoms. The van der Waals surface area contributed by atoms with E-state index in [-0.39, 0.29) is 0 Å². The molecule has 1 saturated carbocycles. The number of nitrogen functional groups attached to an aromatic ring is 1. The van der Waals surface area contributed by atoms with E-state index in [1.807, 2.05) is 18.2 Å². The van der Waals surface area contributed by atoms with Crippen LogP contribution in [0.2, 0.25) is 0 Å². The minimum atomic E-state index is 0.513. The average Bonchev–Trinajstić information content (AvgIpc) is 2.83. The second-order valence-electron chi connectivity index (χ2n) is 4.40. The van der Waals surface area contributed by atoms with Gasteiger partial charge in [0.05, 0.1) is 11.4 Å². The predicted octanol–water partition coefficient (Wildman–Crippen LogP) is 3.24. The molecule has 1 aromatic carbocycles. The van der Waals surface area contributed by atoms with Gasteiger partial charge in [-0.1, -0.05) is 22.9 Å². The van der Waals surface area contributed by atoms with Crippen LogP contribution in [0.3, 0.4) is 0 Å². The summed E-state index contributed by atoms with van der Waals surface area (Å²) in [5.74, 6) is 0. The first-order valence-electron chi connectivity index (χ1n) is 4.88. The van der Waals surface area contributed by atoms with Crippen LogP contribution >= 0.6 is 15.9 Å². The van der Waals surface area contributed by atoms with E-state index in [1.54, 1.807) is 0 Å². The number of benzene rings is 1. The fourth-order valence-corrected chi connectivity index (χ4v) is 1.77. The van der Waals surface area contributed by atoms with Crippen molar-refractivity contribution in [3.63, 3.8) is 0 Å². The molecule has 0 saturated heterocycles. The fourth-order valence-electron chi connectivity index (χ4n) is 1.39. The molecular weight excluding hydrogens is 240 g/mol. The zero-order valence-electron chi connectivity index (χ0n) is 8.31. The van der Waals surface area contributed by atoms with Crippen molar-refractivity contribution < 1.29 is 0 Å². The van der Waals surface area contributed by atoms with Gasteiger partial charge in [0, 0.05) is 11.0 Å². The number of nitrogens with two attached hydrogens (primary N) is 1. The van der Waals surface area contributed by atoms with E-state index in [1.165, 1.54) is 12.8 Å². The minimum Gasteiger partial charge on any atom is -0.397 e. The standard InChI is InChI=1S/C11H15BrN2/c1-11(4-5-11)7-14-10-3-2-8(12)6-9(10)13/h2-3,6,14H,4-5,7,13H2,1H3. The maximum absolute atomic E-state index is 5.88. The molecule has 0 atom stereocenters. The molecule has 2 nitrogen and oxygen atoms in total. The van der Waals surface area contributed by atoms with Gasteiger partial charge in [-0.05, 0) is 36.5 Å². The number of rotatable bonds is 3. The van der Waals surface area contributed by atoms with Crippen molar-refractivity contribution in [3.8, 4) is 0 Å². The third-order valence-corrected chi connectivity index (χ3v) is 3.32. The third kappa shape index (κ3) is 2.21. The fraction of sp³-hybridized carbons (Fsp3) is 0.455. The van der Waals surface area contributed by atoms with Gasteiger partial charge in [0.1, 0.15) is 0 Å². The molecule has 76 valence electrons. The number of hydrogen-bond acceptors (Lipinski definition) is 2. The molecule has 2 rings (SSSR count). The Kier molecular flexibility index (Phi) is 2.43. The number of hydrogen-bond donors (Lipinski definition) is 2. The van der Waals surface area contributed by atoms with E-state index in [9.17, 15) is 0 Å².